The number of aliphatic hydroxyl groups is 1. The molecule has 122 valence electrons. The van der Waals surface area contributed by atoms with Gasteiger partial charge in [0.05, 0.1) is 13.7 Å². The SMILES string of the molecule is C=C(CC(O)(C(=C)OCC)C(F)(F)F)c1ccccc1OC. The lowest BCUT2D eigenvalue weighted by Crippen LogP contribution is -2.47. The number of halogens is 3. The van der Waals surface area contributed by atoms with Crippen molar-refractivity contribution in [3.63, 3.8) is 0 Å². The Morgan fingerprint density at radius 2 is 1.82 bits per heavy atom. The first-order valence-electron chi connectivity index (χ1n) is 6.59. The summed E-state index contributed by atoms with van der Waals surface area (Å²) in [6.07, 6.45) is -5.74. The van der Waals surface area contributed by atoms with Gasteiger partial charge >= 0.3 is 6.18 Å². The fourth-order valence-corrected chi connectivity index (χ4v) is 1.99. The largest absolute Gasteiger partial charge is 0.496 e. The van der Waals surface area contributed by atoms with Crippen LogP contribution in [-0.2, 0) is 4.74 Å². The molecule has 6 heteroatoms. The third-order valence-electron chi connectivity index (χ3n) is 3.21. The van der Waals surface area contributed by atoms with E-state index in [1.54, 1.807) is 24.3 Å². The molecule has 0 saturated carbocycles. The van der Waals surface area contributed by atoms with Crippen LogP contribution >= 0.6 is 0 Å². The van der Waals surface area contributed by atoms with Crippen LogP contribution < -0.4 is 4.74 Å². The predicted octanol–water partition coefficient (Wildman–Crippen LogP) is 3.94. The average Bonchev–Trinajstić information content (AvgIpc) is 2.46. The number of alkyl halides is 3. The van der Waals surface area contributed by atoms with Crippen LogP contribution in [0.15, 0.2) is 43.2 Å². The van der Waals surface area contributed by atoms with E-state index < -0.39 is 24.0 Å². The Labute approximate surface area is 127 Å². The minimum atomic E-state index is -4.94. The van der Waals surface area contributed by atoms with Gasteiger partial charge in [0.1, 0.15) is 11.5 Å². The minimum Gasteiger partial charge on any atom is -0.496 e. The number of hydrogen-bond acceptors (Lipinski definition) is 3. The highest BCUT2D eigenvalue weighted by Crippen LogP contribution is 2.43. The van der Waals surface area contributed by atoms with Gasteiger partial charge in [0, 0.05) is 12.0 Å². The fourth-order valence-electron chi connectivity index (χ4n) is 1.99. The van der Waals surface area contributed by atoms with E-state index in [9.17, 15) is 18.3 Å². The second-order valence-corrected chi connectivity index (χ2v) is 4.69. The van der Waals surface area contributed by atoms with Crippen molar-refractivity contribution in [2.45, 2.75) is 25.1 Å². The Kier molecular flexibility index (Phi) is 5.65. The van der Waals surface area contributed by atoms with Crippen LogP contribution in [0.4, 0.5) is 13.2 Å². The first-order valence-corrected chi connectivity index (χ1v) is 6.59. The van der Waals surface area contributed by atoms with Crippen LogP contribution in [0, 0.1) is 0 Å². The lowest BCUT2D eigenvalue weighted by Gasteiger charge is -2.32. The van der Waals surface area contributed by atoms with Gasteiger partial charge in [0.2, 0.25) is 5.60 Å². The third-order valence-corrected chi connectivity index (χ3v) is 3.21. The van der Waals surface area contributed by atoms with Crippen molar-refractivity contribution >= 4 is 5.57 Å². The molecule has 0 fully saturated rings. The zero-order valence-corrected chi connectivity index (χ0v) is 12.5. The second-order valence-electron chi connectivity index (χ2n) is 4.69. The molecule has 0 radical (unpaired) electrons. The third kappa shape index (κ3) is 3.62. The molecule has 1 aromatic rings. The van der Waals surface area contributed by atoms with Crippen LogP contribution in [-0.4, -0.2) is 30.6 Å². The van der Waals surface area contributed by atoms with E-state index in [0.29, 0.717) is 11.3 Å². The van der Waals surface area contributed by atoms with E-state index in [2.05, 4.69) is 13.2 Å². The van der Waals surface area contributed by atoms with Gasteiger partial charge in [-0.05, 0) is 18.6 Å². The van der Waals surface area contributed by atoms with Crippen molar-refractivity contribution in [3.8, 4) is 5.75 Å². The van der Waals surface area contributed by atoms with Crippen molar-refractivity contribution < 1.29 is 27.8 Å². The van der Waals surface area contributed by atoms with Crippen LogP contribution in [0.25, 0.3) is 5.57 Å². The molecule has 1 N–H and O–H groups in total. The van der Waals surface area contributed by atoms with Gasteiger partial charge < -0.3 is 14.6 Å². The first-order chi connectivity index (χ1) is 10.2. The van der Waals surface area contributed by atoms with E-state index in [4.69, 9.17) is 9.47 Å². The van der Waals surface area contributed by atoms with Gasteiger partial charge in [-0.25, -0.2) is 0 Å². The van der Waals surface area contributed by atoms with Crippen molar-refractivity contribution in [3.05, 3.63) is 48.7 Å². The molecule has 0 aromatic heterocycles. The summed E-state index contributed by atoms with van der Waals surface area (Å²) in [6, 6.07) is 6.50. The maximum Gasteiger partial charge on any atom is 0.424 e. The molecule has 3 nitrogen and oxygen atoms in total. The number of para-hydroxylation sites is 1. The molecule has 22 heavy (non-hydrogen) atoms. The Morgan fingerprint density at radius 1 is 1.23 bits per heavy atom. The number of rotatable bonds is 7. The van der Waals surface area contributed by atoms with Crippen molar-refractivity contribution in [1.82, 2.24) is 0 Å². The fraction of sp³-hybridized carbons (Fsp3) is 0.375. The summed E-state index contributed by atoms with van der Waals surface area (Å²) >= 11 is 0. The van der Waals surface area contributed by atoms with E-state index in [0.717, 1.165) is 0 Å². The van der Waals surface area contributed by atoms with Crippen LogP contribution in [0.3, 0.4) is 0 Å². The van der Waals surface area contributed by atoms with E-state index in [1.165, 1.54) is 14.0 Å². The van der Waals surface area contributed by atoms with Gasteiger partial charge in [0.25, 0.3) is 0 Å². The highest BCUT2D eigenvalue weighted by atomic mass is 19.4. The molecular formula is C16H19F3O3. The lowest BCUT2D eigenvalue weighted by atomic mass is 9.89. The van der Waals surface area contributed by atoms with E-state index in [-0.39, 0.29) is 12.2 Å². The Bertz CT molecular complexity index is 552. The molecule has 1 unspecified atom stereocenters. The van der Waals surface area contributed by atoms with Crippen molar-refractivity contribution in [2.75, 3.05) is 13.7 Å². The molecule has 1 rings (SSSR count). The highest BCUT2D eigenvalue weighted by molar-refractivity contribution is 5.70. The zero-order chi connectivity index (χ0) is 17.0. The van der Waals surface area contributed by atoms with Crippen LogP contribution in [0.5, 0.6) is 5.75 Å². The molecule has 0 saturated heterocycles. The minimum absolute atomic E-state index is 0.0294. The van der Waals surface area contributed by atoms with E-state index in [1.807, 2.05) is 0 Å². The van der Waals surface area contributed by atoms with Gasteiger partial charge in [-0.1, -0.05) is 31.4 Å². The first kappa shape index (κ1) is 18.1. The average molecular weight is 316 g/mol. The maximum absolute atomic E-state index is 13.3. The van der Waals surface area contributed by atoms with Gasteiger partial charge in [-0.3, -0.25) is 0 Å². The molecule has 1 atom stereocenters. The van der Waals surface area contributed by atoms with Gasteiger partial charge in [-0.15, -0.1) is 0 Å². The molecule has 0 aliphatic heterocycles. The molecule has 0 aliphatic carbocycles. The summed E-state index contributed by atoms with van der Waals surface area (Å²) in [5, 5.41) is 10.1. The van der Waals surface area contributed by atoms with Gasteiger partial charge in [0.15, 0.2) is 0 Å². The Morgan fingerprint density at radius 3 is 2.32 bits per heavy atom. The van der Waals surface area contributed by atoms with Crippen LogP contribution in [0.2, 0.25) is 0 Å². The van der Waals surface area contributed by atoms with E-state index >= 15 is 0 Å². The lowest BCUT2D eigenvalue weighted by molar-refractivity contribution is -0.253. The normalized spacial score (nSPS) is 14.1. The Hall–Kier alpha value is -1.95. The van der Waals surface area contributed by atoms with Crippen LogP contribution in [0.1, 0.15) is 18.9 Å². The maximum atomic E-state index is 13.3. The standard InChI is InChI=1S/C16H19F3O3/c1-5-22-12(3)15(20,16(17,18)19)10-11(2)13-8-6-7-9-14(13)21-4/h6-9,20H,2-3,5,10H2,1,4H3. The predicted molar refractivity (Wildman–Crippen MR) is 78.4 cm³/mol. The van der Waals surface area contributed by atoms with Gasteiger partial charge in [-0.2, -0.15) is 13.2 Å². The molecule has 0 heterocycles. The summed E-state index contributed by atoms with van der Waals surface area (Å²) in [5.41, 5.74) is -2.75. The monoisotopic (exact) mass is 316 g/mol. The quantitative estimate of drug-likeness (QED) is 0.774. The topological polar surface area (TPSA) is 38.7 Å². The summed E-state index contributed by atoms with van der Waals surface area (Å²) in [6.45, 7) is 8.33. The highest BCUT2D eigenvalue weighted by Gasteiger charge is 2.57. The number of benzene rings is 1. The summed E-state index contributed by atoms with van der Waals surface area (Å²) in [4.78, 5) is 0. The summed E-state index contributed by atoms with van der Waals surface area (Å²) < 4.78 is 49.7. The number of ether oxygens (including phenoxy) is 2. The second kappa shape index (κ2) is 6.87. The Balaban J connectivity index is 3.15. The molecule has 0 bridgehead atoms. The zero-order valence-electron chi connectivity index (χ0n) is 12.5. The molecule has 0 spiro atoms. The smallest absolute Gasteiger partial charge is 0.424 e. The number of methoxy groups -OCH3 is 1. The molecule has 0 amide bonds. The molecule has 0 aliphatic rings. The summed E-state index contributed by atoms with van der Waals surface area (Å²) in [5.74, 6) is -0.377. The number of hydrogen-bond donors (Lipinski definition) is 1. The molecular weight excluding hydrogens is 297 g/mol. The summed E-state index contributed by atoms with van der Waals surface area (Å²) in [7, 11) is 1.40. The molecule has 1 aromatic carbocycles. The van der Waals surface area contributed by atoms with Crippen molar-refractivity contribution in [1.29, 1.82) is 0 Å². The van der Waals surface area contributed by atoms with Crippen molar-refractivity contribution in [2.24, 2.45) is 0 Å².